The molecule has 0 spiro atoms. The van der Waals surface area contributed by atoms with Gasteiger partial charge in [-0.05, 0) is 20.5 Å². The number of fused-ring (bicyclic) bond motifs is 1. The first-order valence-electron chi connectivity index (χ1n) is 5.03. The zero-order chi connectivity index (χ0) is 11.0. The van der Waals surface area contributed by atoms with Crippen molar-refractivity contribution < 1.29 is 9.90 Å². The smallest absolute Gasteiger partial charge is 0.372 e. The first kappa shape index (κ1) is 10.2. The molecular weight excluding hydrogens is 194 g/mol. The molecule has 1 atom stereocenters. The van der Waals surface area contributed by atoms with Crippen LogP contribution in [-0.4, -0.2) is 45.7 Å². The van der Waals surface area contributed by atoms with Gasteiger partial charge in [-0.15, -0.1) is 0 Å². The van der Waals surface area contributed by atoms with Crippen LogP contribution in [0.2, 0.25) is 0 Å². The van der Waals surface area contributed by atoms with Crippen molar-refractivity contribution in [2.45, 2.75) is 25.4 Å². The number of imidazole rings is 1. The molecule has 0 radical (unpaired) electrons. The largest absolute Gasteiger partial charge is 0.475 e. The van der Waals surface area contributed by atoms with Crippen LogP contribution in [-0.2, 0) is 13.0 Å². The summed E-state index contributed by atoms with van der Waals surface area (Å²) in [6, 6.07) is 0.496. The summed E-state index contributed by atoms with van der Waals surface area (Å²) in [5, 5.41) is 8.91. The molecule has 1 unspecified atom stereocenters. The van der Waals surface area contributed by atoms with E-state index in [1.165, 1.54) is 0 Å². The summed E-state index contributed by atoms with van der Waals surface area (Å²) in [5.74, 6) is -0.772. The maximum atomic E-state index is 10.9. The molecule has 0 bridgehead atoms. The third kappa shape index (κ3) is 1.74. The van der Waals surface area contributed by atoms with E-state index in [0.29, 0.717) is 6.04 Å². The highest BCUT2D eigenvalue weighted by atomic mass is 16.4. The lowest BCUT2D eigenvalue weighted by Gasteiger charge is -2.29. The third-order valence-corrected chi connectivity index (χ3v) is 2.99. The standard InChI is InChI=1S/C10H15N3O2/c1-12(2)7-3-4-13-8(5-7)6-11-9(13)10(14)15/h6-7H,3-5H2,1-2H3,(H,14,15). The molecule has 0 amide bonds. The molecule has 82 valence electrons. The molecular formula is C10H15N3O2. The predicted octanol–water partition coefficient (Wildman–Crippen LogP) is 0.458. The van der Waals surface area contributed by atoms with Crippen molar-refractivity contribution in [3.8, 4) is 0 Å². The fourth-order valence-electron chi connectivity index (χ4n) is 2.06. The monoisotopic (exact) mass is 209 g/mol. The number of likely N-dealkylation sites (N-methyl/N-ethyl adjacent to an activating group) is 1. The summed E-state index contributed by atoms with van der Waals surface area (Å²) < 4.78 is 1.81. The van der Waals surface area contributed by atoms with Gasteiger partial charge in [0.1, 0.15) is 0 Å². The fourth-order valence-corrected chi connectivity index (χ4v) is 2.06. The molecule has 0 saturated carbocycles. The van der Waals surface area contributed by atoms with Crippen molar-refractivity contribution >= 4 is 5.97 Å². The number of rotatable bonds is 2. The second kappa shape index (κ2) is 3.66. The topological polar surface area (TPSA) is 58.4 Å². The van der Waals surface area contributed by atoms with E-state index in [-0.39, 0.29) is 5.82 Å². The molecule has 1 aromatic rings. The molecule has 15 heavy (non-hydrogen) atoms. The Morgan fingerprint density at radius 3 is 3.00 bits per heavy atom. The normalized spacial score (nSPS) is 20.3. The van der Waals surface area contributed by atoms with E-state index in [1.807, 2.05) is 4.57 Å². The lowest BCUT2D eigenvalue weighted by Crippen LogP contribution is -2.35. The van der Waals surface area contributed by atoms with Crippen molar-refractivity contribution in [2.24, 2.45) is 0 Å². The lowest BCUT2D eigenvalue weighted by molar-refractivity contribution is 0.0675. The number of carboxylic acid groups (broad SMARTS) is 1. The van der Waals surface area contributed by atoms with Crippen LogP contribution < -0.4 is 0 Å². The minimum absolute atomic E-state index is 0.169. The summed E-state index contributed by atoms with van der Waals surface area (Å²) in [6.45, 7) is 0.750. The van der Waals surface area contributed by atoms with Crippen LogP contribution in [0.25, 0.3) is 0 Å². The molecule has 0 aromatic carbocycles. The van der Waals surface area contributed by atoms with Crippen molar-refractivity contribution in [3.63, 3.8) is 0 Å². The average molecular weight is 209 g/mol. The first-order valence-corrected chi connectivity index (χ1v) is 5.03. The summed E-state index contributed by atoms with van der Waals surface area (Å²) >= 11 is 0. The number of aromatic carboxylic acids is 1. The number of nitrogens with zero attached hydrogens (tertiary/aromatic N) is 3. The first-order chi connectivity index (χ1) is 7.09. The molecule has 1 aliphatic rings. The maximum absolute atomic E-state index is 10.9. The molecule has 1 N–H and O–H groups in total. The molecule has 0 aliphatic carbocycles. The van der Waals surface area contributed by atoms with Crippen LogP contribution in [0.3, 0.4) is 0 Å². The second-order valence-electron chi connectivity index (χ2n) is 4.14. The second-order valence-corrected chi connectivity index (χ2v) is 4.14. The van der Waals surface area contributed by atoms with Gasteiger partial charge in [0.25, 0.3) is 0 Å². The Bertz CT molecular complexity index is 384. The van der Waals surface area contributed by atoms with E-state index in [1.54, 1.807) is 6.20 Å². The summed E-state index contributed by atoms with van der Waals surface area (Å²) in [6.07, 6.45) is 3.54. The number of hydrogen-bond donors (Lipinski definition) is 1. The summed E-state index contributed by atoms with van der Waals surface area (Å²) in [4.78, 5) is 17.0. The van der Waals surface area contributed by atoms with E-state index >= 15 is 0 Å². The van der Waals surface area contributed by atoms with Crippen molar-refractivity contribution in [2.75, 3.05) is 14.1 Å². The highest BCUT2D eigenvalue weighted by Crippen LogP contribution is 2.19. The Morgan fingerprint density at radius 1 is 1.67 bits per heavy atom. The van der Waals surface area contributed by atoms with Crippen LogP contribution in [0, 0.1) is 0 Å². The molecule has 5 heteroatoms. The Labute approximate surface area is 88.3 Å². The van der Waals surface area contributed by atoms with Gasteiger partial charge in [0.2, 0.25) is 5.82 Å². The van der Waals surface area contributed by atoms with Crippen LogP contribution in [0.15, 0.2) is 6.20 Å². The molecule has 2 heterocycles. The average Bonchev–Trinajstić information content (AvgIpc) is 2.59. The Hall–Kier alpha value is -1.36. The Kier molecular flexibility index (Phi) is 2.48. The number of carbonyl (C=O) groups is 1. The number of carboxylic acids is 1. The van der Waals surface area contributed by atoms with Crippen molar-refractivity contribution in [3.05, 3.63) is 17.7 Å². The zero-order valence-electron chi connectivity index (χ0n) is 8.97. The molecule has 2 rings (SSSR count). The minimum Gasteiger partial charge on any atom is -0.475 e. The van der Waals surface area contributed by atoms with Crippen LogP contribution in [0.1, 0.15) is 22.7 Å². The summed E-state index contributed by atoms with van der Waals surface area (Å²) in [7, 11) is 4.10. The van der Waals surface area contributed by atoms with Gasteiger partial charge >= 0.3 is 5.97 Å². The van der Waals surface area contributed by atoms with Gasteiger partial charge in [0.15, 0.2) is 0 Å². The molecule has 1 aromatic heterocycles. The van der Waals surface area contributed by atoms with E-state index in [4.69, 9.17) is 5.11 Å². The van der Waals surface area contributed by atoms with Gasteiger partial charge in [-0.25, -0.2) is 9.78 Å². The van der Waals surface area contributed by atoms with Crippen molar-refractivity contribution in [1.29, 1.82) is 0 Å². The zero-order valence-corrected chi connectivity index (χ0v) is 8.97. The maximum Gasteiger partial charge on any atom is 0.372 e. The van der Waals surface area contributed by atoms with Crippen LogP contribution in [0.5, 0.6) is 0 Å². The van der Waals surface area contributed by atoms with Gasteiger partial charge in [0.05, 0.1) is 0 Å². The van der Waals surface area contributed by atoms with E-state index in [2.05, 4.69) is 24.0 Å². The Balaban J connectivity index is 2.26. The number of aromatic nitrogens is 2. The fraction of sp³-hybridized carbons (Fsp3) is 0.600. The van der Waals surface area contributed by atoms with Crippen LogP contribution in [0.4, 0.5) is 0 Å². The highest BCUT2D eigenvalue weighted by Gasteiger charge is 2.24. The van der Waals surface area contributed by atoms with Crippen molar-refractivity contribution in [1.82, 2.24) is 14.5 Å². The SMILES string of the molecule is CN(C)C1CCn2c(cnc2C(=O)O)C1. The van der Waals surface area contributed by atoms with Gasteiger partial charge in [-0.1, -0.05) is 0 Å². The van der Waals surface area contributed by atoms with Crippen LogP contribution >= 0.6 is 0 Å². The molecule has 0 saturated heterocycles. The van der Waals surface area contributed by atoms with Gasteiger partial charge in [0, 0.05) is 30.9 Å². The quantitative estimate of drug-likeness (QED) is 0.768. The molecule has 0 fully saturated rings. The third-order valence-electron chi connectivity index (χ3n) is 2.99. The van der Waals surface area contributed by atoms with Gasteiger partial charge in [-0.3, -0.25) is 0 Å². The molecule has 1 aliphatic heterocycles. The Morgan fingerprint density at radius 2 is 2.40 bits per heavy atom. The van der Waals surface area contributed by atoms with E-state index < -0.39 is 5.97 Å². The highest BCUT2D eigenvalue weighted by molar-refractivity contribution is 5.83. The predicted molar refractivity (Wildman–Crippen MR) is 55.0 cm³/mol. The summed E-state index contributed by atoms with van der Waals surface area (Å²) in [5.41, 5.74) is 1.03. The van der Waals surface area contributed by atoms with E-state index in [0.717, 1.165) is 25.1 Å². The van der Waals surface area contributed by atoms with Gasteiger partial charge < -0.3 is 14.6 Å². The molecule has 5 nitrogen and oxygen atoms in total. The van der Waals surface area contributed by atoms with E-state index in [9.17, 15) is 4.79 Å². The van der Waals surface area contributed by atoms with Gasteiger partial charge in [-0.2, -0.15) is 0 Å². The lowest BCUT2D eigenvalue weighted by atomic mass is 10.0. The minimum atomic E-state index is -0.940. The number of hydrogen-bond acceptors (Lipinski definition) is 3.